The van der Waals surface area contributed by atoms with E-state index in [1.807, 2.05) is 0 Å². The second-order valence-electron chi connectivity index (χ2n) is 3.75. The number of morpholine rings is 2. The largest absolute Gasteiger partial charge is 0.378 e. The summed E-state index contributed by atoms with van der Waals surface area (Å²) in [7, 11) is 0. The highest BCUT2D eigenvalue weighted by molar-refractivity contribution is 8.13. The van der Waals surface area contributed by atoms with Gasteiger partial charge >= 0.3 is 0 Å². The van der Waals surface area contributed by atoms with Crippen LogP contribution in [0.5, 0.6) is 0 Å². The monoisotopic (exact) mass is 245 g/mol. The standard InChI is InChI=1S/C10H19N3O2S/c1-16-10(12-2-6-14-7-3-12)11-13-4-8-15-9-5-13/h2-9H2,1H3/b11-10+. The van der Waals surface area contributed by atoms with Crippen molar-refractivity contribution in [2.24, 2.45) is 5.10 Å². The van der Waals surface area contributed by atoms with Crippen LogP contribution in [0.4, 0.5) is 0 Å². The first-order valence-electron chi connectivity index (χ1n) is 5.68. The quantitative estimate of drug-likeness (QED) is 0.490. The average molecular weight is 245 g/mol. The molecule has 2 heterocycles. The molecule has 16 heavy (non-hydrogen) atoms. The van der Waals surface area contributed by atoms with Crippen LogP contribution >= 0.6 is 11.8 Å². The summed E-state index contributed by atoms with van der Waals surface area (Å²) in [6, 6.07) is 0. The summed E-state index contributed by atoms with van der Waals surface area (Å²) in [5.41, 5.74) is 0. The van der Waals surface area contributed by atoms with Crippen molar-refractivity contribution >= 4 is 16.9 Å². The predicted molar refractivity (Wildman–Crippen MR) is 65.7 cm³/mol. The molecule has 0 radical (unpaired) electrons. The highest BCUT2D eigenvalue weighted by atomic mass is 32.2. The zero-order valence-electron chi connectivity index (χ0n) is 9.72. The van der Waals surface area contributed by atoms with Gasteiger partial charge in [0.1, 0.15) is 0 Å². The molecule has 2 aliphatic rings. The Morgan fingerprint density at radius 3 is 2.12 bits per heavy atom. The summed E-state index contributed by atoms with van der Waals surface area (Å²) in [4.78, 5) is 2.30. The normalized spacial score (nSPS) is 23.7. The molecule has 0 saturated carbocycles. The molecule has 0 spiro atoms. The molecule has 0 aromatic heterocycles. The maximum absolute atomic E-state index is 5.34. The van der Waals surface area contributed by atoms with Gasteiger partial charge in [0.05, 0.1) is 39.5 Å². The van der Waals surface area contributed by atoms with E-state index in [0.29, 0.717) is 0 Å². The van der Waals surface area contributed by atoms with Crippen LogP contribution in [-0.4, -0.2) is 73.9 Å². The molecule has 92 valence electrons. The van der Waals surface area contributed by atoms with Crippen LogP contribution in [0.15, 0.2) is 5.10 Å². The third-order valence-corrected chi connectivity index (χ3v) is 3.38. The van der Waals surface area contributed by atoms with Gasteiger partial charge in [-0.1, -0.05) is 11.8 Å². The number of amidine groups is 1. The van der Waals surface area contributed by atoms with Crippen LogP contribution in [-0.2, 0) is 9.47 Å². The third-order valence-electron chi connectivity index (χ3n) is 2.68. The molecular formula is C10H19N3O2S. The van der Waals surface area contributed by atoms with Crippen LogP contribution in [0.2, 0.25) is 0 Å². The molecule has 0 aliphatic carbocycles. The van der Waals surface area contributed by atoms with Crippen molar-refractivity contribution in [1.29, 1.82) is 0 Å². The van der Waals surface area contributed by atoms with Crippen LogP contribution in [0.1, 0.15) is 0 Å². The molecular weight excluding hydrogens is 226 g/mol. The number of nitrogens with zero attached hydrogens (tertiary/aromatic N) is 3. The highest BCUT2D eigenvalue weighted by Crippen LogP contribution is 2.10. The summed E-state index contributed by atoms with van der Waals surface area (Å²) in [6.45, 7) is 6.88. The van der Waals surface area contributed by atoms with Gasteiger partial charge in [-0.25, -0.2) is 0 Å². The van der Waals surface area contributed by atoms with Crippen molar-refractivity contribution in [2.45, 2.75) is 0 Å². The minimum atomic E-state index is 0.786. The van der Waals surface area contributed by atoms with E-state index in [2.05, 4.69) is 21.3 Å². The number of hydrogen-bond acceptors (Lipinski definition) is 5. The van der Waals surface area contributed by atoms with Gasteiger partial charge in [0, 0.05) is 13.1 Å². The van der Waals surface area contributed by atoms with E-state index in [4.69, 9.17) is 9.47 Å². The number of thioether (sulfide) groups is 1. The highest BCUT2D eigenvalue weighted by Gasteiger charge is 2.16. The molecule has 2 saturated heterocycles. The molecule has 2 fully saturated rings. The predicted octanol–water partition coefficient (Wildman–Crippen LogP) is 0.285. The molecule has 2 aliphatic heterocycles. The van der Waals surface area contributed by atoms with Crippen molar-refractivity contribution in [2.75, 3.05) is 58.9 Å². The second-order valence-corrected chi connectivity index (χ2v) is 4.53. The first-order valence-corrected chi connectivity index (χ1v) is 6.90. The van der Waals surface area contributed by atoms with Crippen molar-refractivity contribution in [3.05, 3.63) is 0 Å². The molecule has 0 N–H and O–H groups in total. The second kappa shape index (κ2) is 6.32. The number of hydrogen-bond donors (Lipinski definition) is 0. The average Bonchev–Trinajstić information content (AvgIpc) is 2.38. The molecule has 0 atom stereocenters. The molecule has 2 rings (SSSR count). The maximum atomic E-state index is 5.34. The lowest BCUT2D eigenvalue weighted by Gasteiger charge is -2.31. The summed E-state index contributed by atoms with van der Waals surface area (Å²) < 4.78 is 10.7. The summed E-state index contributed by atoms with van der Waals surface area (Å²) >= 11 is 1.71. The Morgan fingerprint density at radius 1 is 1.00 bits per heavy atom. The maximum Gasteiger partial charge on any atom is 0.183 e. The lowest BCUT2D eigenvalue weighted by molar-refractivity contribution is 0.0370. The topological polar surface area (TPSA) is 37.3 Å². The summed E-state index contributed by atoms with van der Waals surface area (Å²) in [5, 5.41) is 7.89. The fourth-order valence-corrected chi connectivity index (χ4v) is 2.40. The van der Waals surface area contributed by atoms with Crippen molar-refractivity contribution in [1.82, 2.24) is 9.91 Å². The summed E-state index contributed by atoms with van der Waals surface area (Å²) in [5.74, 6) is 0. The zero-order valence-corrected chi connectivity index (χ0v) is 10.5. The van der Waals surface area contributed by atoms with Crippen molar-refractivity contribution in [3.63, 3.8) is 0 Å². The van der Waals surface area contributed by atoms with E-state index in [0.717, 1.165) is 57.8 Å². The minimum absolute atomic E-state index is 0.786. The van der Waals surface area contributed by atoms with E-state index < -0.39 is 0 Å². The summed E-state index contributed by atoms with van der Waals surface area (Å²) in [6.07, 6.45) is 2.08. The number of ether oxygens (including phenoxy) is 2. The van der Waals surface area contributed by atoms with Gasteiger partial charge in [0.15, 0.2) is 5.17 Å². The molecule has 0 amide bonds. The van der Waals surface area contributed by atoms with Crippen molar-refractivity contribution < 1.29 is 9.47 Å². The van der Waals surface area contributed by atoms with Gasteiger partial charge in [0.25, 0.3) is 0 Å². The zero-order chi connectivity index (χ0) is 11.2. The fourth-order valence-electron chi connectivity index (χ4n) is 1.76. The Kier molecular flexibility index (Phi) is 4.74. The first-order chi connectivity index (χ1) is 7.90. The Balaban J connectivity index is 1.93. The fraction of sp³-hybridized carbons (Fsp3) is 0.900. The van der Waals surface area contributed by atoms with E-state index in [1.165, 1.54) is 0 Å². The Labute approximate surface area is 101 Å². The SMILES string of the molecule is CS/C(=N/N1CCOCC1)N1CCOCC1. The van der Waals surface area contributed by atoms with E-state index >= 15 is 0 Å². The van der Waals surface area contributed by atoms with Gasteiger partial charge in [-0.05, 0) is 6.26 Å². The molecule has 0 unspecified atom stereocenters. The van der Waals surface area contributed by atoms with E-state index in [1.54, 1.807) is 11.8 Å². The molecule has 5 nitrogen and oxygen atoms in total. The Hall–Kier alpha value is -0.460. The van der Waals surface area contributed by atoms with Gasteiger partial charge in [-0.3, -0.25) is 5.01 Å². The Morgan fingerprint density at radius 2 is 1.56 bits per heavy atom. The van der Waals surface area contributed by atoms with E-state index in [9.17, 15) is 0 Å². The number of hydrazone groups is 1. The van der Waals surface area contributed by atoms with Crippen LogP contribution in [0.25, 0.3) is 0 Å². The van der Waals surface area contributed by atoms with Crippen LogP contribution < -0.4 is 0 Å². The molecule has 0 bridgehead atoms. The van der Waals surface area contributed by atoms with Gasteiger partial charge in [0.2, 0.25) is 0 Å². The third kappa shape index (κ3) is 3.26. The van der Waals surface area contributed by atoms with Crippen LogP contribution in [0.3, 0.4) is 0 Å². The lowest BCUT2D eigenvalue weighted by atomic mass is 10.5. The number of rotatable bonds is 1. The van der Waals surface area contributed by atoms with Gasteiger partial charge in [-0.2, -0.15) is 5.10 Å². The molecule has 0 aromatic rings. The van der Waals surface area contributed by atoms with E-state index in [-0.39, 0.29) is 0 Å². The first kappa shape index (κ1) is 12.0. The smallest absolute Gasteiger partial charge is 0.183 e. The van der Waals surface area contributed by atoms with Gasteiger partial charge < -0.3 is 14.4 Å². The Bertz CT molecular complexity index is 238. The van der Waals surface area contributed by atoms with Crippen molar-refractivity contribution in [3.8, 4) is 0 Å². The molecule has 0 aromatic carbocycles. The molecule has 6 heteroatoms. The van der Waals surface area contributed by atoms with Gasteiger partial charge in [-0.15, -0.1) is 0 Å². The minimum Gasteiger partial charge on any atom is -0.378 e. The van der Waals surface area contributed by atoms with Crippen LogP contribution in [0, 0.1) is 0 Å². The lowest BCUT2D eigenvalue weighted by Crippen LogP contribution is -2.41.